The van der Waals surface area contributed by atoms with Gasteiger partial charge in [0.05, 0.1) is 11.2 Å². The third-order valence-electron chi connectivity index (χ3n) is 4.42. The van der Waals surface area contributed by atoms with E-state index in [2.05, 4.69) is 58.2 Å². The van der Waals surface area contributed by atoms with Crippen molar-refractivity contribution in [1.29, 1.82) is 0 Å². The van der Waals surface area contributed by atoms with Crippen LogP contribution in [-0.2, 0) is 4.74 Å². The SMILES string of the molecule is CC1(C)CSCC(CN)(N2CC(C)(C)OC(C)(C)C2)C1. The van der Waals surface area contributed by atoms with E-state index in [4.69, 9.17) is 10.5 Å². The van der Waals surface area contributed by atoms with Crippen molar-refractivity contribution in [3.05, 3.63) is 0 Å². The molecule has 0 amide bonds. The number of thioether (sulfide) groups is 1. The molecule has 2 rings (SSSR count). The number of nitrogens with two attached hydrogens (primary N) is 1. The first-order chi connectivity index (χ1) is 8.99. The molecule has 0 saturated carbocycles. The van der Waals surface area contributed by atoms with Gasteiger partial charge in [0.1, 0.15) is 0 Å². The van der Waals surface area contributed by atoms with Crippen LogP contribution in [0.5, 0.6) is 0 Å². The summed E-state index contributed by atoms with van der Waals surface area (Å²) in [6.45, 7) is 16.3. The van der Waals surface area contributed by atoms with Crippen molar-refractivity contribution >= 4 is 11.8 Å². The highest BCUT2D eigenvalue weighted by Crippen LogP contribution is 2.44. The molecule has 0 spiro atoms. The van der Waals surface area contributed by atoms with Crippen LogP contribution in [-0.4, -0.2) is 52.8 Å². The fourth-order valence-corrected chi connectivity index (χ4v) is 5.64. The lowest BCUT2D eigenvalue weighted by atomic mass is 9.77. The largest absolute Gasteiger partial charge is 0.367 e. The van der Waals surface area contributed by atoms with E-state index < -0.39 is 0 Å². The van der Waals surface area contributed by atoms with Crippen LogP contribution in [0.2, 0.25) is 0 Å². The van der Waals surface area contributed by atoms with Gasteiger partial charge < -0.3 is 10.5 Å². The number of hydrogen-bond acceptors (Lipinski definition) is 4. The molecule has 0 bridgehead atoms. The Kier molecular flexibility index (Phi) is 4.27. The third-order valence-corrected chi connectivity index (χ3v) is 6.14. The first-order valence-corrected chi connectivity index (χ1v) is 8.88. The summed E-state index contributed by atoms with van der Waals surface area (Å²) in [6, 6.07) is 0. The van der Waals surface area contributed by atoms with Gasteiger partial charge in [0, 0.05) is 30.9 Å². The molecule has 1 atom stereocenters. The Morgan fingerprint density at radius 3 is 2.00 bits per heavy atom. The van der Waals surface area contributed by atoms with Gasteiger partial charge in [-0.15, -0.1) is 0 Å². The Balaban J connectivity index is 2.26. The maximum absolute atomic E-state index is 6.27. The highest BCUT2D eigenvalue weighted by Gasteiger charge is 2.49. The molecule has 2 saturated heterocycles. The average Bonchev–Trinajstić information content (AvgIpc) is 2.23. The van der Waals surface area contributed by atoms with Crippen LogP contribution in [0.15, 0.2) is 0 Å². The van der Waals surface area contributed by atoms with Crippen molar-refractivity contribution in [2.24, 2.45) is 11.1 Å². The zero-order valence-electron chi connectivity index (χ0n) is 14.1. The van der Waals surface area contributed by atoms with Gasteiger partial charge in [0.2, 0.25) is 0 Å². The highest BCUT2D eigenvalue weighted by atomic mass is 32.2. The summed E-state index contributed by atoms with van der Waals surface area (Å²) in [7, 11) is 0. The summed E-state index contributed by atoms with van der Waals surface area (Å²) in [5.74, 6) is 2.39. The summed E-state index contributed by atoms with van der Waals surface area (Å²) >= 11 is 2.06. The van der Waals surface area contributed by atoms with E-state index in [1.807, 2.05) is 0 Å². The van der Waals surface area contributed by atoms with E-state index in [0.29, 0.717) is 5.41 Å². The van der Waals surface area contributed by atoms with Crippen LogP contribution in [0.4, 0.5) is 0 Å². The van der Waals surface area contributed by atoms with Crippen LogP contribution in [0, 0.1) is 5.41 Å². The van der Waals surface area contributed by atoms with Crippen LogP contribution in [0.3, 0.4) is 0 Å². The van der Waals surface area contributed by atoms with Crippen molar-refractivity contribution < 1.29 is 4.74 Å². The predicted molar refractivity (Wildman–Crippen MR) is 88.3 cm³/mol. The maximum Gasteiger partial charge on any atom is 0.0761 e. The van der Waals surface area contributed by atoms with Gasteiger partial charge in [-0.3, -0.25) is 4.90 Å². The van der Waals surface area contributed by atoms with Gasteiger partial charge in [-0.1, -0.05) is 13.8 Å². The molecule has 2 heterocycles. The lowest BCUT2D eigenvalue weighted by molar-refractivity contribution is -0.199. The number of rotatable bonds is 2. The minimum absolute atomic E-state index is 0.101. The van der Waals surface area contributed by atoms with Gasteiger partial charge in [-0.25, -0.2) is 0 Å². The fraction of sp³-hybridized carbons (Fsp3) is 1.00. The third kappa shape index (κ3) is 3.52. The summed E-state index contributed by atoms with van der Waals surface area (Å²) in [4.78, 5) is 2.63. The van der Waals surface area contributed by atoms with Gasteiger partial charge in [0.15, 0.2) is 0 Å². The molecule has 0 aliphatic carbocycles. The Labute approximate surface area is 129 Å². The second kappa shape index (κ2) is 5.15. The fourth-order valence-electron chi connectivity index (χ4n) is 4.10. The van der Waals surface area contributed by atoms with Gasteiger partial charge in [-0.05, 0) is 45.3 Å². The minimum Gasteiger partial charge on any atom is -0.367 e. The van der Waals surface area contributed by atoms with E-state index in [1.165, 1.54) is 12.2 Å². The summed E-state index contributed by atoms with van der Waals surface area (Å²) in [5.41, 5.74) is 6.57. The number of nitrogens with zero attached hydrogens (tertiary/aromatic N) is 1. The smallest absolute Gasteiger partial charge is 0.0761 e. The molecule has 0 aromatic heterocycles. The van der Waals surface area contributed by atoms with Crippen LogP contribution in [0.1, 0.15) is 48.0 Å². The van der Waals surface area contributed by atoms with E-state index in [9.17, 15) is 0 Å². The van der Waals surface area contributed by atoms with Crippen molar-refractivity contribution in [3.8, 4) is 0 Å². The molecule has 2 aliphatic heterocycles. The van der Waals surface area contributed by atoms with Gasteiger partial charge >= 0.3 is 0 Å². The topological polar surface area (TPSA) is 38.5 Å². The summed E-state index contributed by atoms with van der Waals surface area (Å²) < 4.78 is 6.23. The molecule has 2 N–H and O–H groups in total. The molecule has 1 unspecified atom stereocenters. The van der Waals surface area contributed by atoms with Crippen LogP contribution in [0.25, 0.3) is 0 Å². The molecule has 2 fully saturated rings. The zero-order chi connectivity index (χ0) is 15.2. The number of morpholine rings is 1. The summed E-state index contributed by atoms with van der Waals surface area (Å²) in [5, 5.41) is 0. The van der Waals surface area contributed by atoms with E-state index >= 15 is 0 Å². The van der Waals surface area contributed by atoms with Gasteiger partial charge in [0.25, 0.3) is 0 Å². The highest BCUT2D eigenvalue weighted by molar-refractivity contribution is 7.99. The molecular formula is C16H32N2OS. The van der Waals surface area contributed by atoms with Gasteiger partial charge in [-0.2, -0.15) is 11.8 Å². The Hall–Kier alpha value is 0.230. The van der Waals surface area contributed by atoms with Crippen molar-refractivity contribution in [1.82, 2.24) is 4.90 Å². The molecule has 2 aliphatic rings. The van der Waals surface area contributed by atoms with Crippen molar-refractivity contribution in [3.63, 3.8) is 0 Å². The minimum atomic E-state index is -0.101. The first kappa shape index (κ1) is 16.6. The number of hydrogen-bond donors (Lipinski definition) is 1. The lowest BCUT2D eigenvalue weighted by Gasteiger charge is -2.57. The normalized spacial score (nSPS) is 36.8. The maximum atomic E-state index is 6.27. The second-order valence-electron chi connectivity index (χ2n) is 8.74. The number of ether oxygens (including phenoxy) is 1. The molecule has 0 aromatic rings. The van der Waals surface area contributed by atoms with Crippen LogP contribution < -0.4 is 5.73 Å². The quantitative estimate of drug-likeness (QED) is 0.851. The van der Waals surface area contributed by atoms with E-state index in [1.54, 1.807) is 0 Å². The van der Waals surface area contributed by atoms with Crippen LogP contribution >= 0.6 is 11.8 Å². The van der Waals surface area contributed by atoms with Crippen molar-refractivity contribution in [2.75, 3.05) is 31.1 Å². The monoisotopic (exact) mass is 300 g/mol. The Bertz CT molecular complexity index is 351. The average molecular weight is 301 g/mol. The second-order valence-corrected chi connectivity index (χ2v) is 9.73. The molecule has 118 valence electrons. The Morgan fingerprint density at radius 2 is 1.55 bits per heavy atom. The van der Waals surface area contributed by atoms with Crippen molar-refractivity contribution in [2.45, 2.75) is 64.7 Å². The zero-order valence-corrected chi connectivity index (χ0v) is 14.9. The molecule has 4 heteroatoms. The predicted octanol–water partition coefficient (Wildman–Crippen LogP) is 2.74. The molecular weight excluding hydrogens is 268 g/mol. The van der Waals surface area contributed by atoms with E-state index in [-0.39, 0.29) is 16.7 Å². The standard InChI is InChI=1S/C16H32N2OS/c1-13(2)7-16(8-17,12-20-11-13)18-9-14(3,4)19-15(5,6)10-18/h7-12,17H2,1-6H3. The first-order valence-electron chi connectivity index (χ1n) is 7.72. The molecule has 0 aromatic carbocycles. The molecule has 0 radical (unpaired) electrons. The lowest BCUT2D eigenvalue weighted by Crippen LogP contribution is -2.68. The summed E-state index contributed by atoms with van der Waals surface area (Å²) in [6.07, 6.45) is 1.19. The Morgan fingerprint density at radius 1 is 1.00 bits per heavy atom. The van der Waals surface area contributed by atoms with E-state index in [0.717, 1.165) is 25.4 Å². The molecule has 20 heavy (non-hydrogen) atoms. The molecule has 3 nitrogen and oxygen atoms in total.